The van der Waals surface area contributed by atoms with Crippen LogP contribution in [0.5, 0.6) is 0 Å². The van der Waals surface area contributed by atoms with Crippen LogP contribution in [0.15, 0.2) is 53.1 Å². The first-order valence-electron chi connectivity index (χ1n) is 8.39. The molecule has 6 heteroatoms. The fraction of sp³-hybridized carbons (Fsp3) is 0.200. The molecule has 0 amide bonds. The molecule has 0 N–H and O–H groups in total. The van der Waals surface area contributed by atoms with Gasteiger partial charge in [0, 0.05) is 12.1 Å². The summed E-state index contributed by atoms with van der Waals surface area (Å²) in [6.45, 7) is 0.735. The normalized spacial score (nSPS) is 16.2. The summed E-state index contributed by atoms with van der Waals surface area (Å²) in [5.74, 6) is 1.00. The third-order valence-electron chi connectivity index (χ3n) is 4.58. The van der Waals surface area contributed by atoms with Crippen LogP contribution in [0, 0.1) is 22.8 Å². The van der Waals surface area contributed by atoms with Crippen molar-refractivity contribution in [3.8, 4) is 34.8 Å². The highest BCUT2D eigenvalue weighted by Crippen LogP contribution is 2.31. The second-order valence-corrected chi connectivity index (χ2v) is 6.18. The van der Waals surface area contributed by atoms with E-state index in [1.807, 2.05) is 36.4 Å². The molecule has 1 saturated heterocycles. The van der Waals surface area contributed by atoms with E-state index in [1.54, 1.807) is 17.0 Å². The van der Waals surface area contributed by atoms with Gasteiger partial charge in [-0.25, -0.2) is 0 Å². The van der Waals surface area contributed by atoms with Crippen molar-refractivity contribution in [1.29, 1.82) is 10.5 Å². The topological polar surface area (TPSA) is 89.7 Å². The lowest BCUT2D eigenvalue weighted by Crippen LogP contribution is -2.17. The third-order valence-corrected chi connectivity index (χ3v) is 4.58. The first kappa shape index (κ1) is 15.9. The molecule has 1 fully saturated rings. The largest absolute Gasteiger partial charge is 0.334 e. The Bertz CT molecular complexity index is 1010. The summed E-state index contributed by atoms with van der Waals surface area (Å²) >= 11 is 0. The van der Waals surface area contributed by atoms with Gasteiger partial charge in [-0.1, -0.05) is 29.4 Å². The predicted octanol–water partition coefficient (Wildman–Crippen LogP) is 3.89. The maximum absolute atomic E-state index is 9.19. The van der Waals surface area contributed by atoms with Crippen LogP contribution in [0.2, 0.25) is 0 Å². The van der Waals surface area contributed by atoms with Gasteiger partial charge in [-0.2, -0.15) is 15.5 Å². The molecule has 0 saturated carbocycles. The predicted molar refractivity (Wildman–Crippen MR) is 94.2 cm³/mol. The molecule has 2 heterocycles. The van der Waals surface area contributed by atoms with Gasteiger partial charge < -0.3 is 4.52 Å². The van der Waals surface area contributed by atoms with E-state index in [0.29, 0.717) is 17.3 Å². The summed E-state index contributed by atoms with van der Waals surface area (Å²) in [7, 11) is 0. The number of rotatable bonds is 3. The van der Waals surface area contributed by atoms with Crippen molar-refractivity contribution < 1.29 is 4.52 Å². The van der Waals surface area contributed by atoms with Crippen LogP contribution in [-0.2, 0) is 0 Å². The Morgan fingerprint density at radius 1 is 1.04 bits per heavy atom. The number of benzene rings is 2. The van der Waals surface area contributed by atoms with Crippen molar-refractivity contribution in [2.75, 3.05) is 6.54 Å². The molecule has 1 aromatic heterocycles. The van der Waals surface area contributed by atoms with E-state index in [1.165, 1.54) is 0 Å². The minimum absolute atomic E-state index is 0.0980. The molecule has 0 aliphatic carbocycles. The number of aromatic nitrogens is 2. The lowest BCUT2D eigenvalue weighted by atomic mass is 10.0. The second-order valence-electron chi connectivity index (χ2n) is 6.18. The molecule has 1 unspecified atom stereocenters. The monoisotopic (exact) mass is 341 g/mol. The first-order chi connectivity index (χ1) is 12.8. The summed E-state index contributed by atoms with van der Waals surface area (Å²) in [5, 5.41) is 22.2. The van der Waals surface area contributed by atoms with E-state index < -0.39 is 0 Å². The average molecular weight is 341 g/mol. The summed E-state index contributed by atoms with van der Waals surface area (Å²) in [4.78, 5) is 6.21. The standard InChI is InChI=1S/C20H15N5O/c21-12-14-6-8-15(9-7-14)16-3-1-4-17(11-16)20-23-19(24-26-20)18-5-2-10-25(18)13-22/h1,3-4,6-9,11,18H,2,5,10H2. The molecule has 0 spiro atoms. The lowest BCUT2D eigenvalue weighted by Gasteiger charge is -2.13. The zero-order valence-electron chi connectivity index (χ0n) is 14.0. The summed E-state index contributed by atoms with van der Waals surface area (Å²) < 4.78 is 5.44. The molecule has 0 bridgehead atoms. The van der Waals surface area contributed by atoms with Gasteiger partial charge in [0.15, 0.2) is 12.0 Å². The molecular weight excluding hydrogens is 326 g/mol. The van der Waals surface area contributed by atoms with Crippen molar-refractivity contribution in [3.05, 3.63) is 59.9 Å². The highest BCUT2D eigenvalue weighted by molar-refractivity contribution is 5.70. The fourth-order valence-corrected chi connectivity index (χ4v) is 3.21. The van der Waals surface area contributed by atoms with Crippen molar-refractivity contribution >= 4 is 0 Å². The molecular formula is C20H15N5O. The molecule has 6 nitrogen and oxygen atoms in total. The molecule has 1 aliphatic rings. The number of hydrogen-bond acceptors (Lipinski definition) is 6. The highest BCUT2D eigenvalue weighted by atomic mass is 16.5. The molecule has 4 rings (SSSR count). The highest BCUT2D eigenvalue weighted by Gasteiger charge is 2.29. The number of hydrogen-bond donors (Lipinski definition) is 0. The fourth-order valence-electron chi connectivity index (χ4n) is 3.21. The Hall–Kier alpha value is -3.64. The van der Waals surface area contributed by atoms with Crippen molar-refractivity contribution in [3.63, 3.8) is 0 Å². The van der Waals surface area contributed by atoms with E-state index in [-0.39, 0.29) is 6.04 Å². The van der Waals surface area contributed by atoms with Crippen molar-refractivity contribution in [1.82, 2.24) is 15.0 Å². The minimum Gasteiger partial charge on any atom is -0.334 e. The van der Waals surface area contributed by atoms with Crippen LogP contribution in [-0.4, -0.2) is 21.6 Å². The zero-order valence-corrected chi connectivity index (χ0v) is 14.0. The summed E-state index contributed by atoms with van der Waals surface area (Å²) in [6.07, 6.45) is 4.00. The van der Waals surface area contributed by atoms with Gasteiger partial charge in [-0.15, -0.1) is 0 Å². The average Bonchev–Trinajstić information content (AvgIpc) is 3.37. The van der Waals surface area contributed by atoms with Crippen LogP contribution in [0.4, 0.5) is 0 Å². The van der Waals surface area contributed by atoms with Gasteiger partial charge in [-0.05, 0) is 48.2 Å². The lowest BCUT2D eigenvalue weighted by molar-refractivity contribution is 0.339. The van der Waals surface area contributed by atoms with Crippen LogP contribution < -0.4 is 0 Å². The van der Waals surface area contributed by atoms with Gasteiger partial charge in [0.05, 0.1) is 11.6 Å². The number of likely N-dealkylation sites (tertiary alicyclic amines) is 1. The second kappa shape index (κ2) is 6.70. The number of nitriles is 2. The third kappa shape index (κ3) is 2.89. The van der Waals surface area contributed by atoms with E-state index in [2.05, 4.69) is 22.4 Å². The Balaban J connectivity index is 1.63. The van der Waals surface area contributed by atoms with E-state index >= 15 is 0 Å². The Kier molecular flexibility index (Phi) is 4.09. The Labute approximate surface area is 150 Å². The molecule has 1 atom stereocenters. The van der Waals surface area contributed by atoms with Crippen molar-refractivity contribution in [2.45, 2.75) is 18.9 Å². The first-order valence-corrected chi connectivity index (χ1v) is 8.39. The van der Waals surface area contributed by atoms with Gasteiger partial charge in [0.1, 0.15) is 6.04 Å². The van der Waals surface area contributed by atoms with Crippen molar-refractivity contribution in [2.24, 2.45) is 0 Å². The molecule has 3 aromatic rings. The maximum atomic E-state index is 9.19. The van der Waals surface area contributed by atoms with E-state index in [4.69, 9.17) is 9.78 Å². The van der Waals surface area contributed by atoms with Crippen LogP contribution >= 0.6 is 0 Å². The molecule has 0 radical (unpaired) electrons. The summed E-state index contributed by atoms with van der Waals surface area (Å²) in [5.41, 5.74) is 3.47. The van der Waals surface area contributed by atoms with Gasteiger partial charge in [0.25, 0.3) is 5.89 Å². The van der Waals surface area contributed by atoms with Crippen LogP contribution in [0.3, 0.4) is 0 Å². The van der Waals surface area contributed by atoms with Gasteiger partial charge >= 0.3 is 0 Å². The smallest absolute Gasteiger partial charge is 0.258 e. The molecule has 126 valence electrons. The Morgan fingerprint density at radius 3 is 2.62 bits per heavy atom. The van der Waals surface area contributed by atoms with Gasteiger partial charge in [0.2, 0.25) is 0 Å². The Morgan fingerprint density at radius 2 is 1.85 bits per heavy atom. The summed E-state index contributed by atoms with van der Waals surface area (Å²) in [6, 6.07) is 17.3. The van der Waals surface area contributed by atoms with Crippen LogP contribution in [0.1, 0.15) is 30.3 Å². The van der Waals surface area contributed by atoms with E-state index in [9.17, 15) is 5.26 Å². The molecule has 2 aromatic carbocycles. The minimum atomic E-state index is -0.0980. The SMILES string of the molecule is N#Cc1ccc(-c2cccc(-c3nc(C4CCCN4C#N)no3)c2)cc1. The quantitative estimate of drug-likeness (QED) is 0.671. The van der Waals surface area contributed by atoms with E-state index in [0.717, 1.165) is 36.1 Å². The zero-order chi connectivity index (χ0) is 17.9. The van der Waals surface area contributed by atoms with Crippen LogP contribution in [0.25, 0.3) is 22.6 Å². The maximum Gasteiger partial charge on any atom is 0.258 e. The number of nitrogens with zero attached hydrogens (tertiary/aromatic N) is 5. The molecule has 26 heavy (non-hydrogen) atoms. The molecule has 1 aliphatic heterocycles. The van der Waals surface area contributed by atoms with Gasteiger partial charge in [-0.3, -0.25) is 4.90 Å².